The Morgan fingerprint density at radius 3 is 2.81 bits per heavy atom. The van der Waals surface area contributed by atoms with Crippen molar-refractivity contribution in [1.82, 2.24) is 14.9 Å². The molecule has 8 heteroatoms. The van der Waals surface area contributed by atoms with E-state index in [4.69, 9.17) is 0 Å². The van der Waals surface area contributed by atoms with Crippen molar-refractivity contribution in [3.8, 4) is 0 Å². The number of nitrogens with zero attached hydrogens (tertiary/aromatic N) is 2. The highest BCUT2D eigenvalue weighted by Crippen LogP contribution is 2.35. The lowest BCUT2D eigenvalue weighted by molar-refractivity contribution is 0.0695. The van der Waals surface area contributed by atoms with E-state index in [1.807, 2.05) is 6.92 Å². The number of rotatable bonds is 6. The molecule has 1 aliphatic rings. The van der Waals surface area contributed by atoms with Crippen molar-refractivity contribution in [3.63, 3.8) is 0 Å². The van der Waals surface area contributed by atoms with Gasteiger partial charge >= 0.3 is 5.97 Å². The highest BCUT2D eigenvalue weighted by atomic mass is 32.1. The molecule has 0 aliphatic carbocycles. The average Bonchev–Trinajstić information content (AvgIpc) is 2.98. The van der Waals surface area contributed by atoms with Crippen LogP contribution in [0.2, 0.25) is 0 Å². The second kappa shape index (κ2) is 8.11. The molecule has 0 amide bonds. The van der Waals surface area contributed by atoms with Crippen LogP contribution in [0.15, 0.2) is 23.1 Å². The van der Waals surface area contributed by atoms with Crippen LogP contribution in [0, 0.1) is 12.8 Å². The Hall–Kier alpha value is -2.03. The van der Waals surface area contributed by atoms with Gasteiger partial charge in [-0.15, -0.1) is 11.3 Å². The molecular weight excluding hydrogens is 354 g/mol. The van der Waals surface area contributed by atoms with Gasteiger partial charge in [-0.2, -0.15) is 0 Å². The lowest BCUT2D eigenvalue weighted by Crippen LogP contribution is -2.36. The van der Waals surface area contributed by atoms with Crippen molar-refractivity contribution in [1.29, 1.82) is 0 Å². The van der Waals surface area contributed by atoms with E-state index in [1.165, 1.54) is 34.2 Å². The van der Waals surface area contributed by atoms with E-state index in [2.05, 4.69) is 10.3 Å². The van der Waals surface area contributed by atoms with Crippen molar-refractivity contribution in [2.75, 3.05) is 19.7 Å². The molecule has 1 saturated heterocycles. The number of carbonyl (C=O) groups is 1. The second-order valence-corrected chi connectivity index (χ2v) is 7.65. The lowest BCUT2D eigenvalue weighted by Gasteiger charge is -2.31. The number of nitrogens with one attached hydrogen (secondary N) is 1. The number of piperidine rings is 1. The van der Waals surface area contributed by atoms with E-state index in [1.54, 1.807) is 0 Å². The minimum Gasteiger partial charge on any atom is -0.478 e. The topological polar surface area (TPSA) is 104 Å². The highest BCUT2D eigenvalue weighted by molar-refractivity contribution is 7.11. The summed E-state index contributed by atoms with van der Waals surface area (Å²) in [5.74, 6) is -0.857. The molecule has 1 atom stereocenters. The van der Waals surface area contributed by atoms with Gasteiger partial charge in [-0.25, -0.2) is 9.78 Å². The molecule has 0 spiro atoms. The van der Waals surface area contributed by atoms with E-state index in [0.29, 0.717) is 6.42 Å². The maximum atomic E-state index is 12.6. The summed E-state index contributed by atoms with van der Waals surface area (Å²) in [6.07, 6.45) is 3.75. The highest BCUT2D eigenvalue weighted by Gasteiger charge is 2.30. The predicted octanol–water partition coefficient (Wildman–Crippen LogP) is 1.44. The minimum absolute atomic E-state index is 0.0505. The maximum absolute atomic E-state index is 12.6. The first-order valence-corrected chi connectivity index (χ1v) is 9.56. The minimum atomic E-state index is -1.06. The zero-order valence-electron chi connectivity index (χ0n) is 14.6. The number of aromatic carboxylic acids is 1. The Balaban J connectivity index is 2.09. The summed E-state index contributed by atoms with van der Waals surface area (Å²) in [5.41, 5.74) is 0.725. The number of hydrogen-bond donors (Lipinski definition) is 3. The van der Waals surface area contributed by atoms with Crippen LogP contribution in [0.4, 0.5) is 0 Å². The van der Waals surface area contributed by atoms with Crippen molar-refractivity contribution in [2.45, 2.75) is 32.2 Å². The summed E-state index contributed by atoms with van der Waals surface area (Å²) in [4.78, 5) is 29.6. The fraction of sp³-hybridized carbons (Fsp3) is 0.500. The summed E-state index contributed by atoms with van der Waals surface area (Å²) in [5, 5.41) is 22.7. The normalized spacial score (nSPS) is 16.5. The first kappa shape index (κ1) is 18.8. The Morgan fingerprint density at radius 1 is 1.42 bits per heavy atom. The molecule has 3 heterocycles. The molecule has 2 aromatic heterocycles. The molecule has 26 heavy (non-hydrogen) atoms. The van der Waals surface area contributed by atoms with Gasteiger partial charge in [0.1, 0.15) is 5.01 Å². The van der Waals surface area contributed by atoms with Crippen LogP contribution in [-0.2, 0) is 6.42 Å². The van der Waals surface area contributed by atoms with Crippen molar-refractivity contribution in [3.05, 3.63) is 49.8 Å². The summed E-state index contributed by atoms with van der Waals surface area (Å²) < 4.78 is 1.53. The molecule has 1 unspecified atom stereocenters. The van der Waals surface area contributed by atoms with Crippen LogP contribution in [-0.4, -0.2) is 45.4 Å². The van der Waals surface area contributed by atoms with Crippen LogP contribution in [0.1, 0.15) is 44.8 Å². The second-order valence-electron chi connectivity index (χ2n) is 6.53. The third kappa shape index (κ3) is 3.87. The Morgan fingerprint density at radius 2 is 2.15 bits per heavy atom. The molecule has 3 N–H and O–H groups in total. The molecule has 2 aromatic rings. The standard InChI is InChI=1S/C18H23N3O4S/c1-11-14(6-9-22)26-17(20-11)16(12-4-7-19-8-5-12)21-10-13(18(24)25)2-3-15(21)23/h2-3,10,12,16,19,22H,4-9H2,1H3,(H,24,25). The number of thiazole rings is 1. The summed E-state index contributed by atoms with van der Waals surface area (Å²) in [6.45, 7) is 3.68. The molecule has 0 bridgehead atoms. The van der Waals surface area contributed by atoms with Gasteiger partial charge in [0.15, 0.2) is 0 Å². The molecule has 3 rings (SSSR count). The van der Waals surface area contributed by atoms with Gasteiger partial charge < -0.3 is 20.1 Å². The average molecular weight is 377 g/mol. The van der Waals surface area contributed by atoms with Crippen LogP contribution >= 0.6 is 11.3 Å². The van der Waals surface area contributed by atoms with Crippen LogP contribution < -0.4 is 10.9 Å². The SMILES string of the molecule is Cc1nc(C(C2CCNCC2)n2cc(C(=O)O)ccc2=O)sc1CCO. The van der Waals surface area contributed by atoms with Crippen molar-refractivity contribution < 1.29 is 15.0 Å². The number of hydrogen-bond acceptors (Lipinski definition) is 6. The van der Waals surface area contributed by atoms with Gasteiger partial charge in [0.05, 0.1) is 17.3 Å². The fourth-order valence-corrected chi connectivity index (χ4v) is 4.71. The fourth-order valence-electron chi connectivity index (χ4n) is 3.47. The number of pyridine rings is 1. The van der Waals surface area contributed by atoms with E-state index in [0.717, 1.165) is 41.5 Å². The Kier molecular flexibility index (Phi) is 5.85. The third-order valence-corrected chi connectivity index (χ3v) is 6.10. The zero-order chi connectivity index (χ0) is 18.7. The molecule has 140 valence electrons. The Labute approximate surface area is 155 Å². The number of aliphatic hydroxyl groups is 1. The number of carboxylic acid groups (broad SMARTS) is 1. The van der Waals surface area contributed by atoms with Gasteiger partial charge in [0, 0.05) is 30.2 Å². The smallest absolute Gasteiger partial charge is 0.337 e. The van der Waals surface area contributed by atoms with Crippen molar-refractivity contribution in [2.24, 2.45) is 5.92 Å². The van der Waals surface area contributed by atoms with Gasteiger partial charge in [0.25, 0.3) is 5.56 Å². The molecular formula is C18H23N3O4S. The predicted molar refractivity (Wildman–Crippen MR) is 99.0 cm³/mol. The monoisotopic (exact) mass is 377 g/mol. The summed E-state index contributed by atoms with van der Waals surface area (Å²) >= 11 is 1.50. The first-order chi connectivity index (χ1) is 12.5. The zero-order valence-corrected chi connectivity index (χ0v) is 15.5. The first-order valence-electron chi connectivity index (χ1n) is 8.74. The maximum Gasteiger partial charge on any atom is 0.337 e. The summed E-state index contributed by atoms with van der Waals surface area (Å²) in [7, 11) is 0. The number of carboxylic acids is 1. The van der Waals surface area contributed by atoms with Crippen LogP contribution in [0.5, 0.6) is 0 Å². The molecule has 1 fully saturated rings. The van der Waals surface area contributed by atoms with E-state index in [9.17, 15) is 19.8 Å². The molecule has 0 radical (unpaired) electrons. The van der Waals surface area contributed by atoms with Gasteiger partial charge in [-0.1, -0.05) is 0 Å². The number of aromatic nitrogens is 2. The molecule has 7 nitrogen and oxygen atoms in total. The molecule has 0 saturated carbocycles. The molecule has 1 aliphatic heterocycles. The van der Waals surface area contributed by atoms with E-state index < -0.39 is 5.97 Å². The van der Waals surface area contributed by atoms with E-state index in [-0.39, 0.29) is 29.7 Å². The number of aryl methyl sites for hydroxylation is 1. The quantitative estimate of drug-likeness (QED) is 0.704. The van der Waals surface area contributed by atoms with Gasteiger partial charge in [-0.3, -0.25) is 4.79 Å². The van der Waals surface area contributed by atoms with E-state index >= 15 is 0 Å². The number of aliphatic hydroxyl groups excluding tert-OH is 1. The van der Waals surface area contributed by atoms with Gasteiger partial charge in [0.2, 0.25) is 0 Å². The van der Waals surface area contributed by atoms with Crippen LogP contribution in [0.25, 0.3) is 0 Å². The lowest BCUT2D eigenvalue weighted by atomic mass is 9.90. The third-order valence-electron chi connectivity index (χ3n) is 4.82. The van der Waals surface area contributed by atoms with Gasteiger partial charge in [-0.05, 0) is 44.8 Å². The largest absolute Gasteiger partial charge is 0.478 e. The summed E-state index contributed by atoms with van der Waals surface area (Å²) in [6, 6.07) is 2.36. The Bertz CT molecular complexity index is 839. The van der Waals surface area contributed by atoms with Crippen molar-refractivity contribution >= 4 is 17.3 Å². The molecule has 0 aromatic carbocycles. The van der Waals surface area contributed by atoms with Crippen LogP contribution in [0.3, 0.4) is 0 Å².